The van der Waals surface area contributed by atoms with Gasteiger partial charge < -0.3 is 18.6 Å². The fraction of sp³-hybridized carbons (Fsp3) is 0.286. The average Bonchev–Trinajstić information content (AvgIpc) is 3.22. The third-order valence-corrected chi connectivity index (χ3v) is 6.52. The van der Waals surface area contributed by atoms with Crippen molar-refractivity contribution in [1.29, 1.82) is 0 Å². The highest BCUT2D eigenvalue weighted by Crippen LogP contribution is 2.37. The summed E-state index contributed by atoms with van der Waals surface area (Å²) >= 11 is 0. The Morgan fingerprint density at radius 3 is 2.36 bits per heavy atom. The molecule has 0 fully saturated rings. The summed E-state index contributed by atoms with van der Waals surface area (Å²) in [5.41, 5.74) is 5.71. The molecule has 0 atom stereocenters. The summed E-state index contributed by atoms with van der Waals surface area (Å²) in [6.45, 7) is 2.79. The molecule has 5 rings (SSSR count). The molecule has 0 unspecified atom stereocenters. The van der Waals surface area contributed by atoms with Gasteiger partial charge in [-0.25, -0.2) is 0 Å². The largest absolute Gasteiger partial charge is 0.497 e. The van der Waals surface area contributed by atoms with Gasteiger partial charge in [-0.15, -0.1) is 0 Å². The van der Waals surface area contributed by atoms with Gasteiger partial charge in [0.1, 0.15) is 17.3 Å². The van der Waals surface area contributed by atoms with Crippen molar-refractivity contribution >= 4 is 11.0 Å². The smallest absolute Gasteiger partial charge is 0.176 e. The third-order valence-electron chi connectivity index (χ3n) is 6.52. The Hall–Kier alpha value is -3.44. The first-order valence-electron chi connectivity index (χ1n) is 11.3. The predicted molar refractivity (Wildman–Crippen MR) is 130 cm³/mol. The van der Waals surface area contributed by atoms with Crippen molar-refractivity contribution in [2.45, 2.75) is 19.4 Å². The average molecular weight is 444 g/mol. The number of furan rings is 1. The number of rotatable bonds is 6. The molecule has 0 spiro atoms. The van der Waals surface area contributed by atoms with Crippen LogP contribution in [0.15, 0.2) is 65.1 Å². The first-order chi connectivity index (χ1) is 16.2. The second kappa shape index (κ2) is 9.20. The van der Waals surface area contributed by atoms with E-state index in [2.05, 4.69) is 35.2 Å². The van der Waals surface area contributed by atoms with Crippen molar-refractivity contribution in [3.63, 3.8) is 0 Å². The molecule has 0 radical (unpaired) electrons. The van der Waals surface area contributed by atoms with Gasteiger partial charge >= 0.3 is 0 Å². The summed E-state index contributed by atoms with van der Waals surface area (Å²) in [6, 6.07) is 20.6. The van der Waals surface area contributed by atoms with Crippen molar-refractivity contribution in [3.8, 4) is 28.6 Å². The van der Waals surface area contributed by atoms with Crippen LogP contribution in [-0.2, 0) is 19.4 Å². The molecule has 33 heavy (non-hydrogen) atoms. The quantitative estimate of drug-likeness (QED) is 0.381. The Balaban J connectivity index is 1.44. The zero-order valence-electron chi connectivity index (χ0n) is 19.4. The molecule has 3 aromatic carbocycles. The highest BCUT2D eigenvalue weighted by molar-refractivity contribution is 5.90. The van der Waals surface area contributed by atoms with Crippen LogP contribution in [0.3, 0.4) is 0 Å². The molecule has 2 heterocycles. The molecule has 5 nitrogen and oxygen atoms in total. The van der Waals surface area contributed by atoms with E-state index in [1.54, 1.807) is 21.3 Å². The summed E-state index contributed by atoms with van der Waals surface area (Å²) in [7, 11) is 5.12. The summed E-state index contributed by atoms with van der Waals surface area (Å²) in [4.78, 5) is 2.50. The van der Waals surface area contributed by atoms with E-state index in [-0.39, 0.29) is 0 Å². The van der Waals surface area contributed by atoms with Crippen LogP contribution >= 0.6 is 0 Å². The van der Waals surface area contributed by atoms with E-state index in [0.29, 0.717) is 0 Å². The van der Waals surface area contributed by atoms with Crippen molar-refractivity contribution in [1.82, 2.24) is 4.90 Å². The lowest BCUT2D eigenvalue weighted by Gasteiger charge is -2.20. The monoisotopic (exact) mass is 443 g/mol. The minimum absolute atomic E-state index is 0.760. The Morgan fingerprint density at radius 2 is 1.61 bits per heavy atom. The van der Waals surface area contributed by atoms with Crippen LogP contribution in [0.1, 0.15) is 16.7 Å². The van der Waals surface area contributed by atoms with Gasteiger partial charge in [-0.1, -0.05) is 36.4 Å². The van der Waals surface area contributed by atoms with E-state index >= 15 is 0 Å². The minimum atomic E-state index is 0.760. The summed E-state index contributed by atoms with van der Waals surface area (Å²) < 4.78 is 23.0. The molecule has 4 aromatic rings. The number of fused-ring (bicyclic) bond motifs is 2. The van der Waals surface area contributed by atoms with Gasteiger partial charge in [-0.05, 0) is 47.7 Å². The van der Waals surface area contributed by atoms with Gasteiger partial charge in [0, 0.05) is 36.7 Å². The van der Waals surface area contributed by atoms with Crippen LogP contribution in [0, 0.1) is 0 Å². The topological polar surface area (TPSA) is 44.1 Å². The Labute approximate surface area is 194 Å². The standard InChI is InChI=1S/C28H29NO4/c1-30-22-15-20-11-13-29(14-12-23(20)27(16-22)32-3)18-21-9-10-25(31-2)28-24(21)17-26(33-28)19-7-5-4-6-8-19/h4-10,15-17H,11-14,18H2,1-3H3. The minimum Gasteiger partial charge on any atom is -0.497 e. The summed E-state index contributed by atoms with van der Waals surface area (Å²) in [5.74, 6) is 3.38. The SMILES string of the molecule is COc1cc2c(c(OC)c1)CCN(Cc1ccc(OC)c3oc(-c4ccccc4)cc13)CC2. The van der Waals surface area contributed by atoms with Crippen LogP contribution in [0.5, 0.6) is 17.2 Å². The predicted octanol–water partition coefficient (Wildman–Crippen LogP) is 5.73. The Morgan fingerprint density at radius 1 is 0.818 bits per heavy atom. The number of hydrogen-bond donors (Lipinski definition) is 0. The molecule has 170 valence electrons. The lowest BCUT2D eigenvalue weighted by atomic mass is 10.0. The zero-order valence-corrected chi connectivity index (χ0v) is 19.4. The Bertz CT molecular complexity index is 1260. The van der Waals surface area contributed by atoms with E-state index in [4.69, 9.17) is 18.6 Å². The molecule has 0 aliphatic carbocycles. The number of methoxy groups -OCH3 is 3. The van der Waals surface area contributed by atoms with Gasteiger partial charge in [-0.2, -0.15) is 0 Å². The van der Waals surface area contributed by atoms with Crippen molar-refractivity contribution in [2.24, 2.45) is 0 Å². The van der Waals surface area contributed by atoms with Gasteiger partial charge in [-0.3, -0.25) is 4.90 Å². The van der Waals surface area contributed by atoms with Crippen LogP contribution in [-0.4, -0.2) is 39.3 Å². The molecule has 1 aliphatic rings. The van der Waals surface area contributed by atoms with Crippen molar-refractivity contribution in [2.75, 3.05) is 34.4 Å². The molecular formula is C28H29NO4. The van der Waals surface area contributed by atoms with E-state index < -0.39 is 0 Å². The van der Waals surface area contributed by atoms with E-state index in [1.807, 2.05) is 30.3 Å². The molecule has 0 bridgehead atoms. The first kappa shape index (κ1) is 21.4. The molecule has 0 saturated heterocycles. The number of benzene rings is 3. The third kappa shape index (κ3) is 4.16. The van der Waals surface area contributed by atoms with Crippen LogP contribution in [0.2, 0.25) is 0 Å². The molecule has 0 N–H and O–H groups in total. The second-order valence-corrected chi connectivity index (χ2v) is 8.39. The van der Waals surface area contributed by atoms with E-state index in [0.717, 1.165) is 72.0 Å². The van der Waals surface area contributed by atoms with E-state index in [9.17, 15) is 0 Å². The van der Waals surface area contributed by atoms with Crippen LogP contribution < -0.4 is 14.2 Å². The first-order valence-corrected chi connectivity index (χ1v) is 11.3. The van der Waals surface area contributed by atoms with Crippen LogP contribution in [0.25, 0.3) is 22.3 Å². The molecule has 1 aromatic heterocycles. The Kier molecular flexibility index (Phi) is 5.97. The van der Waals surface area contributed by atoms with Gasteiger partial charge in [0.2, 0.25) is 0 Å². The fourth-order valence-corrected chi connectivity index (χ4v) is 4.74. The maximum absolute atomic E-state index is 6.26. The highest BCUT2D eigenvalue weighted by Gasteiger charge is 2.21. The number of hydrogen-bond acceptors (Lipinski definition) is 5. The molecular weight excluding hydrogens is 414 g/mol. The lowest BCUT2D eigenvalue weighted by Crippen LogP contribution is -2.26. The maximum Gasteiger partial charge on any atom is 0.176 e. The normalized spacial score (nSPS) is 14.0. The number of nitrogens with zero attached hydrogens (tertiary/aromatic N) is 1. The van der Waals surface area contributed by atoms with Gasteiger partial charge in [0.25, 0.3) is 0 Å². The fourth-order valence-electron chi connectivity index (χ4n) is 4.74. The second-order valence-electron chi connectivity index (χ2n) is 8.39. The summed E-state index contributed by atoms with van der Waals surface area (Å²) in [6.07, 6.45) is 1.91. The molecule has 1 aliphatic heterocycles. The summed E-state index contributed by atoms with van der Waals surface area (Å²) in [5, 5.41) is 1.11. The highest BCUT2D eigenvalue weighted by atomic mass is 16.5. The maximum atomic E-state index is 6.26. The zero-order chi connectivity index (χ0) is 22.8. The van der Waals surface area contributed by atoms with Crippen molar-refractivity contribution in [3.05, 3.63) is 77.4 Å². The molecule has 0 saturated carbocycles. The van der Waals surface area contributed by atoms with Crippen molar-refractivity contribution < 1.29 is 18.6 Å². The van der Waals surface area contributed by atoms with Crippen LogP contribution in [0.4, 0.5) is 0 Å². The lowest BCUT2D eigenvalue weighted by molar-refractivity contribution is 0.279. The molecule has 5 heteroatoms. The van der Waals surface area contributed by atoms with Gasteiger partial charge in [0.05, 0.1) is 21.3 Å². The number of ether oxygens (including phenoxy) is 3. The van der Waals surface area contributed by atoms with Gasteiger partial charge in [0.15, 0.2) is 11.3 Å². The molecule has 0 amide bonds. The van der Waals surface area contributed by atoms with E-state index in [1.165, 1.54) is 16.7 Å².